The van der Waals surface area contributed by atoms with E-state index in [9.17, 15) is 9.90 Å². The predicted molar refractivity (Wildman–Crippen MR) is 124 cm³/mol. The fourth-order valence-corrected chi connectivity index (χ4v) is 3.42. The number of aromatic carboxylic acids is 1. The lowest BCUT2D eigenvalue weighted by Crippen LogP contribution is -2.06. The highest BCUT2D eigenvalue weighted by Crippen LogP contribution is 2.31. The Hall–Kier alpha value is -2.89. The summed E-state index contributed by atoms with van der Waals surface area (Å²) in [6, 6.07) is 16.3. The van der Waals surface area contributed by atoms with Gasteiger partial charge in [-0.2, -0.15) is 0 Å². The van der Waals surface area contributed by atoms with Gasteiger partial charge in [-0.25, -0.2) is 4.79 Å². The topological polar surface area (TPSA) is 67.8 Å². The fourth-order valence-electron chi connectivity index (χ4n) is 3.10. The number of halogens is 2. The maximum atomic E-state index is 11.3. The van der Waals surface area contributed by atoms with Crippen molar-refractivity contribution in [2.45, 2.75) is 27.0 Å². The summed E-state index contributed by atoms with van der Waals surface area (Å²) in [7, 11) is 0. The molecular formula is C24H23Cl2NO4. The molecule has 5 nitrogen and oxygen atoms in total. The molecule has 0 bridgehead atoms. The molecule has 0 saturated carbocycles. The molecule has 0 aromatic heterocycles. The van der Waals surface area contributed by atoms with E-state index < -0.39 is 5.97 Å². The lowest BCUT2D eigenvalue weighted by atomic mass is 10.1. The first-order valence-electron chi connectivity index (χ1n) is 9.78. The van der Waals surface area contributed by atoms with Crippen LogP contribution in [0.2, 0.25) is 10.0 Å². The molecule has 0 fully saturated rings. The standard InChI is InChI=1S/C24H23Cl2NO4/c1-3-30-23-12-16(13-27-21-6-4-5-18(15(21)2)24(28)29)8-10-22(23)31-14-17-7-9-19(25)20(26)11-17/h4-12,27H,3,13-14H2,1-2H3,(H,28,29). The van der Waals surface area contributed by atoms with Crippen LogP contribution in [0.25, 0.3) is 0 Å². The summed E-state index contributed by atoms with van der Waals surface area (Å²) in [6.07, 6.45) is 0. The van der Waals surface area contributed by atoms with Gasteiger partial charge >= 0.3 is 5.97 Å². The zero-order chi connectivity index (χ0) is 22.4. The molecule has 0 atom stereocenters. The molecule has 0 radical (unpaired) electrons. The minimum absolute atomic E-state index is 0.283. The van der Waals surface area contributed by atoms with Crippen LogP contribution in [0.15, 0.2) is 54.6 Å². The Labute approximate surface area is 191 Å². The molecule has 0 aliphatic carbocycles. The molecule has 0 spiro atoms. The maximum absolute atomic E-state index is 11.3. The number of carboxylic acid groups (broad SMARTS) is 1. The highest BCUT2D eigenvalue weighted by Gasteiger charge is 2.11. The van der Waals surface area contributed by atoms with Crippen LogP contribution in [0.4, 0.5) is 5.69 Å². The number of carboxylic acids is 1. The number of hydrogen-bond donors (Lipinski definition) is 2. The monoisotopic (exact) mass is 459 g/mol. The lowest BCUT2D eigenvalue weighted by Gasteiger charge is -2.15. The van der Waals surface area contributed by atoms with Crippen molar-refractivity contribution in [3.8, 4) is 11.5 Å². The summed E-state index contributed by atoms with van der Waals surface area (Å²) in [5.74, 6) is 0.321. The van der Waals surface area contributed by atoms with Crippen molar-refractivity contribution in [3.63, 3.8) is 0 Å². The van der Waals surface area contributed by atoms with Crippen LogP contribution in [0.3, 0.4) is 0 Å². The largest absolute Gasteiger partial charge is 0.490 e. The third-order valence-corrected chi connectivity index (χ3v) is 5.47. The van der Waals surface area contributed by atoms with Crippen molar-refractivity contribution in [1.82, 2.24) is 0 Å². The van der Waals surface area contributed by atoms with E-state index in [2.05, 4.69) is 5.32 Å². The van der Waals surface area contributed by atoms with Gasteiger partial charge in [0.05, 0.1) is 22.2 Å². The number of anilines is 1. The summed E-state index contributed by atoms with van der Waals surface area (Å²) in [5, 5.41) is 13.6. The van der Waals surface area contributed by atoms with Crippen LogP contribution in [-0.2, 0) is 13.2 Å². The van der Waals surface area contributed by atoms with Gasteiger partial charge in [0.15, 0.2) is 11.5 Å². The SMILES string of the molecule is CCOc1cc(CNc2cccc(C(=O)O)c2C)ccc1OCc1ccc(Cl)c(Cl)c1. The van der Waals surface area contributed by atoms with Gasteiger partial charge in [0.25, 0.3) is 0 Å². The zero-order valence-corrected chi connectivity index (χ0v) is 18.8. The van der Waals surface area contributed by atoms with Crippen molar-refractivity contribution in [2.24, 2.45) is 0 Å². The Balaban J connectivity index is 1.72. The van der Waals surface area contributed by atoms with Crippen LogP contribution in [0.5, 0.6) is 11.5 Å². The predicted octanol–water partition coefficient (Wildman–Crippen LogP) is 6.59. The molecule has 0 amide bonds. The molecule has 0 aliphatic heterocycles. The smallest absolute Gasteiger partial charge is 0.336 e. The highest BCUT2D eigenvalue weighted by molar-refractivity contribution is 6.42. The minimum Gasteiger partial charge on any atom is -0.490 e. The van der Waals surface area contributed by atoms with E-state index in [1.54, 1.807) is 31.2 Å². The number of rotatable bonds is 9. The van der Waals surface area contributed by atoms with Crippen LogP contribution < -0.4 is 14.8 Å². The fraction of sp³-hybridized carbons (Fsp3) is 0.208. The molecule has 0 unspecified atom stereocenters. The normalized spacial score (nSPS) is 10.6. The van der Waals surface area contributed by atoms with Gasteiger partial charge in [-0.15, -0.1) is 0 Å². The second-order valence-corrected chi connectivity index (χ2v) is 7.70. The van der Waals surface area contributed by atoms with Gasteiger partial charge in [0, 0.05) is 12.2 Å². The van der Waals surface area contributed by atoms with E-state index in [4.69, 9.17) is 32.7 Å². The second-order valence-electron chi connectivity index (χ2n) is 6.89. The first-order valence-corrected chi connectivity index (χ1v) is 10.5. The third kappa shape index (κ3) is 5.84. The first kappa shape index (κ1) is 22.8. The van der Waals surface area contributed by atoms with Crippen molar-refractivity contribution in [3.05, 3.63) is 86.9 Å². The Morgan fingerprint density at radius 2 is 1.74 bits per heavy atom. The molecule has 0 saturated heterocycles. The van der Waals surface area contributed by atoms with Gasteiger partial charge in [0.2, 0.25) is 0 Å². The molecule has 0 heterocycles. The summed E-state index contributed by atoms with van der Waals surface area (Å²) >= 11 is 12.0. The number of benzene rings is 3. The average Bonchev–Trinajstić information content (AvgIpc) is 2.74. The summed E-state index contributed by atoms with van der Waals surface area (Å²) in [4.78, 5) is 11.3. The molecule has 2 N–H and O–H groups in total. The number of nitrogens with one attached hydrogen (secondary N) is 1. The molecule has 162 valence electrons. The van der Waals surface area contributed by atoms with Gasteiger partial charge in [-0.1, -0.05) is 41.4 Å². The average molecular weight is 460 g/mol. The molecular weight excluding hydrogens is 437 g/mol. The maximum Gasteiger partial charge on any atom is 0.336 e. The van der Waals surface area contributed by atoms with Gasteiger partial charge in [-0.05, 0) is 66.9 Å². The number of hydrogen-bond acceptors (Lipinski definition) is 4. The summed E-state index contributed by atoms with van der Waals surface area (Å²) < 4.78 is 11.7. The van der Waals surface area contributed by atoms with Crippen molar-refractivity contribution < 1.29 is 19.4 Å². The molecule has 3 aromatic rings. The quantitative estimate of drug-likeness (QED) is 0.377. The van der Waals surface area contributed by atoms with Crippen LogP contribution in [0, 0.1) is 6.92 Å². The zero-order valence-electron chi connectivity index (χ0n) is 17.2. The molecule has 3 aromatic carbocycles. The molecule has 3 rings (SSSR count). The lowest BCUT2D eigenvalue weighted by molar-refractivity contribution is 0.0696. The number of ether oxygens (including phenoxy) is 2. The van der Waals surface area contributed by atoms with Gasteiger partial charge in [0.1, 0.15) is 6.61 Å². The van der Waals surface area contributed by atoms with E-state index >= 15 is 0 Å². The Kier molecular flexibility index (Phi) is 7.66. The van der Waals surface area contributed by atoms with Crippen LogP contribution >= 0.6 is 23.2 Å². The first-order chi connectivity index (χ1) is 14.9. The minimum atomic E-state index is -0.941. The van der Waals surface area contributed by atoms with Gasteiger partial charge in [-0.3, -0.25) is 0 Å². The summed E-state index contributed by atoms with van der Waals surface area (Å²) in [6.45, 7) is 5.04. The third-order valence-electron chi connectivity index (χ3n) is 4.73. The Bertz CT molecular complexity index is 1090. The Morgan fingerprint density at radius 3 is 2.45 bits per heavy atom. The second kappa shape index (κ2) is 10.4. The summed E-state index contributed by atoms with van der Waals surface area (Å²) in [5.41, 5.74) is 3.63. The molecule has 7 heteroatoms. The van der Waals surface area contributed by atoms with Crippen molar-refractivity contribution in [2.75, 3.05) is 11.9 Å². The van der Waals surface area contributed by atoms with Crippen LogP contribution in [-0.4, -0.2) is 17.7 Å². The van der Waals surface area contributed by atoms with Crippen molar-refractivity contribution in [1.29, 1.82) is 0 Å². The molecule has 31 heavy (non-hydrogen) atoms. The number of carbonyl (C=O) groups is 1. The Morgan fingerprint density at radius 1 is 0.968 bits per heavy atom. The van der Waals surface area contributed by atoms with E-state index in [1.807, 2.05) is 37.3 Å². The van der Waals surface area contributed by atoms with E-state index in [0.29, 0.717) is 46.9 Å². The van der Waals surface area contributed by atoms with Crippen molar-refractivity contribution >= 4 is 34.9 Å². The van der Waals surface area contributed by atoms with E-state index in [1.165, 1.54) is 0 Å². The van der Waals surface area contributed by atoms with E-state index in [-0.39, 0.29) is 5.56 Å². The highest BCUT2D eigenvalue weighted by atomic mass is 35.5. The molecule has 0 aliphatic rings. The van der Waals surface area contributed by atoms with Gasteiger partial charge < -0.3 is 19.9 Å². The van der Waals surface area contributed by atoms with Crippen LogP contribution in [0.1, 0.15) is 34.0 Å². The van der Waals surface area contributed by atoms with E-state index in [0.717, 1.165) is 16.8 Å².